The molecular weight excluding hydrogens is 160 g/mol. The molecule has 0 bridgehead atoms. The van der Waals surface area contributed by atoms with Gasteiger partial charge in [-0.05, 0) is 32.6 Å². The van der Waals surface area contributed by atoms with Gasteiger partial charge in [-0.25, -0.2) is 0 Å². The molecule has 2 atom stereocenters. The fourth-order valence-corrected chi connectivity index (χ4v) is 2.69. The standard InChI is InChI=1S/C11H24N2/c1-9(12)7-11(2,13)8-10-5-3-4-6-10/h9-10H,3-8,12-13H2,1-2H3/t9-,11?/m1/s1. The smallest absolute Gasteiger partial charge is 0.0143 e. The quantitative estimate of drug-likeness (QED) is 0.702. The van der Waals surface area contributed by atoms with Gasteiger partial charge in [-0.1, -0.05) is 25.7 Å². The first-order valence-electron chi connectivity index (χ1n) is 5.54. The van der Waals surface area contributed by atoms with Crippen LogP contribution in [0.25, 0.3) is 0 Å². The van der Waals surface area contributed by atoms with Crippen LogP contribution in [0.2, 0.25) is 0 Å². The molecule has 1 aliphatic carbocycles. The highest BCUT2D eigenvalue weighted by molar-refractivity contribution is 4.86. The molecule has 1 fully saturated rings. The third kappa shape index (κ3) is 4.10. The average Bonchev–Trinajstić information content (AvgIpc) is 2.34. The summed E-state index contributed by atoms with van der Waals surface area (Å²) >= 11 is 0. The highest BCUT2D eigenvalue weighted by Gasteiger charge is 2.26. The molecule has 2 nitrogen and oxygen atoms in total. The Balaban J connectivity index is 2.31. The highest BCUT2D eigenvalue weighted by Crippen LogP contribution is 2.32. The van der Waals surface area contributed by atoms with Crippen molar-refractivity contribution in [2.24, 2.45) is 17.4 Å². The maximum Gasteiger partial charge on any atom is 0.0143 e. The summed E-state index contributed by atoms with van der Waals surface area (Å²) in [4.78, 5) is 0. The monoisotopic (exact) mass is 184 g/mol. The molecule has 0 amide bonds. The Morgan fingerprint density at radius 1 is 1.38 bits per heavy atom. The second kappa shape index (κ2) is 4.43. The van der Waals surface area contributed by atoms with E-state index in [0.717, 1.165) is 18.8 Å². The molecule has 2 heteroatoms. The zero-order valence-electron chi connectivity index (χ0n) is 9.05. The lowest BCUT2D eigenvalue weighted by molar-refractivity contribution is 0.308. The fraction of sp³-hybridized carbons (Fsp3) is 1.00. The zero-order valence-corrected chi connectivity index (χ0v) is 9.05. The van der Waals surface area contributed by atoms with Gasteiger partial charge in [-0.3, -0.25) is 0 Å². The lowest BCUT2D eigenvalue weighted by Crippen LogP contribution is -2.42. The molecule has 0 aromatic rings. The summed E-state index contributed by atoms with van der Waals surface area (Å²) in [5.74, 6) is 0.869. The molecule has 0 spiro atoms. The molecule has 1 saturated carbocycles. The molecule has 1 aliphatic rings. The molecule has 0 aliphatic heterocycles. The lowest BCUT2D eigenvalue weighted by Gasteiger charge is -2.29. The predicted molar refractivity (Wildman–Crippen MR) is 57.4 cm³/mol. The summed E-state index contributed by atoms with van der Waals surface area (Å²) < 4.78 is 0. The first-order chi connectivity index (χ1) is 5.99. The summed E-state index contributed by atoms with van der Waals surface area (Å²) in [5, 5.41) is 0. The van der Waals surface area contributed by atoms with E-state index in [2.05, 4.69) is 6.92 Å². The van der Waals surface area contributed by atoms with Crippen LogP contribution in [0.3, 0.4) is 0 Å². The van der Waals surface area contributed by atoms with Gasteiger partial charge in [0, 0.05) is 11.6 Å². The SMILES string of the molecule is C[C@@H](N)CC(C)(N)CC1CCCC1. The van der Waals surface area contributed by atoms with Gasteiger partial charge >= 0.3 is 0 Å². The number of hydrogen-bond acceptors (Lipinski definition) is 2. The Labute approximate surface area is 82.1 Å². The van der Waals surface area contributed by atoms with Crippen LogP contribution in [0.4, 0.5) is 0 Å². The van der Waals surface area contributed by atoms with Gasteiger partial charge in [0.05, 0.1) is 0 Å². The van der Waals surface area contributed by atoms with Gasteiger partial charge in [0.15, 0.2) is 0 Å². The molecule has 13 heavy (non-hydrogen) atoms. The number of hydrogen-bond donors (Lipinski definition) is 2. The molecule has 1 rings (SSSR count). The van der Waals surface area contributed by atoms with Crippen LogP contribution in [-0.4, -0.2) is 11.6 Å². The lowest BCUT2D eigenvalue weighted by atomic mass is 9.84. The van der Waals surface area contributed by atoms with Gasteiger partial charge in [0.1, 0.15) is 0 Å². The number of nitrogens with two attached hydrogens (primary N) is 2. The van der Waals surface area contributed by atoms with Crippen molar-refractivity contribution in [3.8, 4) is 0 Å². The van der Waals surface area contributed by atoms with Crippen molar-refractivity contribution in [2.75, 3.05) is 0 Å². The Kier molecular flexibility index (Phi) is 3.74. The van der Waals surface area contributed by atoms with Crippen molar-refractivity contribution in [3.63, 3.8) is 0 Å². The molecule has 0 heterocycles. The zero-order chi connectivity index (χ0) is 9.90. The average molecular weight is 184 g/mol. The highest BCUT2D eigenvalue weighted by atomic mass is 14.8. The number of rotatable bonds is 4. The Bertz CT molecular complexity index is 146. The van der Waals surface area contributed by atoms with E-state index in [-0.39, 0.29) is 11.6 Å². The summed E-state index contributed by atoms with van der Waals surface area (Å²) in [5.41, 5.74) is 12.0. The third-order valence-electron chi connectivity index (χ3n) is 3.02. The fourth-order valence-electron chi connectivity index (χ4n) is 2.69. The predicted octanol–water partition coefficient (Wildman–Crippen LogP) is 2.02. The van der Waals surface area contributed by atoms with E-state index in [1.165, 1.54) is 25.7 Å². The Morgan fingerprint density at radius 3 is 2.38 bits per heavy atom. The van der Waals surface area contributed by atoms with Crippen molar-refractivity contribution in [3.05, 3.63) is 0 Å². The first kappa shape index (κ1) is 11.0. The molecule has 4 N–H and O–H groups in total. The molecule has 0 aromatic carbocycles. The molecule has 0 radical (unpaired) electrons. The van der Waals surface area contributed by atoms with Crippen LogP contribution in [0.1, 0.15) is 52.4 Å². The van der Waals surface area contributed by atoms with E-state index in [1.54, 1.807) is 0 Å². The van der Waals surface area contributed by atoms with E-state index >= 15 is 0 Å². The van der Waals surface area contributed by atoms with Crippen LogP contribution in [-0.2, 0) is 0 Å². The summed E-state index contributed by atoms with van der Waals surface area (Å²) in [7, 11) is 0. The van der Waals surface area contributed by atoms with Crippen LogP contribution in [0.5, 0.6) is 0 Å². The topological polar surface area (TPSA) is 52.0 Å². The van der Waals surface area contributed by atoms with Gasteiger partial charge in [-0.2, -0.15) is 0 Å². The van der Waals surface area contributed by atoms with Gasteiger partial charge in [0.2, 0.25) is 0 Å². The van der Waals surface area contributed by atoms with Crippen molar-refractivity contribution in [1.82, 2.24) is 0 Å². The van der Waals surface area contributed by atoms with Crippen molar-refractivity contribution in [1.29, 1.82) is 0 Å². The molecule has 0 aromatic heterocycles. The minimum Gasteiger partial charge on any atom is -0.328 e. The minimum atomic E-state index is -0.0385. The summed E-state index contributed by atoms with van der Waals surface area (Å²) in [6, 6.07) is 0.233. The van der Waals surface area contributed by atoms with E-state index in [0.29, 0.717) is 0 Å². The van der Waals surface area contributed by atoms with Crippen LogP contribution < -0.4 is 11.5 Å². The minimum absolute atomic E-state index is 0.0385. The van der Waals surface area contributed by atoms with Crippen LogP contribution >= 0.6 is 0 Å². The molecular formula is C11H24N2. The second-order valence-corrected chi connectivity index (χ2v) is 5.19. The summed E-state index contributed by atoms with van der Waals surface area (Å²) in [6.45, 7) is 4.19. The van der Waals surface area contributed by atoms with Crippen molar-refractivity contribution in [2.45, 2.75) is 64.0 Å². The summed E-state index contributed by atoms with van der Waals surface area (Å²) in [6.07, 6.45) is 7.67. The largest absolute Gasteiger partial charge is 0.328 e. The van der Waals surface area contributed by atoms with Crippen molar-refractivity contribution >= 4 is 0 Å². The second-order valence-electron chi connectivity index (χ2n) is 5.19. The van der Waals surface area contributed by atoms with Crippen molar-refractivity contribution < 1.29 is 0 Å². The van der Waals surface area contributed by atoms with Gasteiger partial charge < -0.3 is 11.5 Å². The van der Waals surface area contributed by atoms with Crippen LogP contribution in [0.15, 0.2) is 0 Å². The van der Waals surface area contributed by atoms with E-state index in [1.807, 2.05) is 6.92 Å². The Hall–Kier alpha value is -0.0800. The van der Waals surface area contributed by atoms with E-state index in [4.69, 9.17) is 11.5 Å². The van der Waals surface area contributed by atoms with E-state index in [9.17, 15) is 0 Å². The third-order valence-corrected chi connectivity index (χ3v) is 3.02. The molecule has 78 valence electrons. The molecule has 0 saturated heterocycles. The van der Waals surface area contributed by atoms with Gasteiger partial charge in [0.25, 0.3) is 0 Å². The maximum atomic E-state index is 6.22. The maximum absolute atomic E-state index is 6.22. The van der Waals surface area contributed by atoms with Crippen LogP contribution in [0, 0.1) is 5.92 Å². The molecule has 1 unspecified atom stereocenters. The normalized spacial score (nSPS) is 25.8. The van der Waals surface area contributed by atoms with Gasteiger partial charge in [-0.15, -0.1) is 0 Å². The Morgan fingerprint density at radius 2 is 1.92 bits per heavy atom. The first-order valence-corrected chi connectivity index (χ1v) is 5.54. The van der Waals surface area contributed by atoms with E-state index < -0.39 is 0 Å².